The average molecular weight is 379 g/mol. The molecule has 25 heavy (non-hydrogen) atoms. The molecule has 0 N–H and O–H groups in total. The number of alkyl halides is 3. The highest BCUT2D eigenvalue weighted by Gasteiger charge is 2.54. The van der Waals surface area contributed by atoms with Crippen LogP contribution in [0.1, 0.15) is 48.9 Å². The molecule has 0 aliphatic carbocycles. The van der Waals surface area contributed by atoms with Gasteiger partial charge in [0.15, 0.2) is 0 Å². The molecule has 9 heteroatoms. The number of aryl methyl sites for hydroxylation is 1. The monoisotopic (exact) mass is 379 g/mol. The molecule has 1 aliphatic heterocycles. The molecule has 5 nitrogen and oxygen atoms in total. The molecule has 1 heterocycles. The Balaban J connectivity index is 2.32. The van der Waals surface area contributed by atoms with E-state index in [1.807, 2.05) is 6.92 Å². The number of hydrogen-bond acceptors (Lipinski definition) is 4. The maximum absolute atomic E-state index is 13.0. The molecule has 0 spiro atoms. The molecule has 1 unspecified atom stereocenters. The van der Waals surface area contributed by atoms with Crippen molar-refractivity contribution in [1.82, 2.24) is 4.31 Å². The molecular weight excluding hydrogens is 359 g/mol. The number of carbonyl (C=O) groups excluding carboxylic acids is 1. The van der Waals surface area contributed by atoms with Crippen LogP contribution in [0.5, 0.6) is 0 Å². The molecule has 1 atom stereocenters. The Morgan fingerprint density at radius 1 is 1.36 bits per heavy atom. The van der Waals surface area contributed by atoms with Crippen LogP contribution in [0.25, 0.3) is 0 Å². The largest absolute Gasteiger partial charge is 0.511 e. The number of ether oxygens (including phenoxy) is 1. The fourth-order valence-electron chi connectivity index (χ4n) is 2.77. The van der Waals surface area contributed by atoms with E-state index in [-0.39, 0.29) is 6.61 Å². The standard InChI is InChI=1S/C16H20F3NO4S/c1-3-4-7-24-15(21)9-14-13-6-5-11(2)8-12(13)10-20(14)25(22,23)16(17,18)19/h5-6,8,14H,3-4,7,9-10H2,1-2H3. The lowest BCUT2D eigenvalue weighted by molar-refractivity contribution is -0.144. The first-order valence-electron chi connectivity index (χ1n) is 7.91. The molecule has 0 saturated heterocycles. The zero-order valence-electron chi connectivity index (χ0n) is 14.0. The van der Waals surface area contributed by atoms with Crippen LogP contribution in [0.15, 0.2) is 18.2 Å². The van der Waals surface area contributed by atoms with Gasteiger partial charge in [-0.2, -0.15) is 17.5 Å². The topological polar surface area (TPSA) is 63.7 Å². The van der Waals surface area contributed by atoms with Crippen molar-refractivity contribution in [2.45, 2.75) is 51.2 Å². The van der Waals surface area contributed by atoms with Gasteiger partial charge in [0.05, 0.1) is 19.1 Å². The molecule has 0 aromatic heterocycles. The number of benzene rings is 1. The second-order valence-electron chi connectivity index (χ2n) is 5.99. The van der Waals surface area contributed by atoms with Crippen molar-refractivity contribution in [3.05, 3.63) is 34.9 Å². The van der Waals surface area contributed by atoms with Crippen molar-refractivity contribution in [3.8, 4) is 0 Å². The first-order chi connectivity index (χ1) is 11.6. The minimum absolute atomic E-state index is 0.162. The van der Waals surface area contributed by atoms with Gasteiger partial charge in [-0.25, -0.2) is 8.42 Å². The van der Waals surface area contributed by atoms with E-state index in [2.05, 4.69) is 0 Å². The summed E-state index contributed by atoms with van der Waals surface area (Å²) in [4.78, 5) is 11.9. The normalized spacial score (nSPS) is 18.2. The first kappa shape index (κ1) is 19.7. The Morgan fingerprint density at radius 2 is 2.04 bits per heavy atom. The second kappa shape index (κ2) is 7.33. The lowest BCUT2D eigenvalue weighted by Gasteiger charge is -2.25. The minimum Gasteiger partial charge on any atom is -0.466 e. The fraction of sp³-hybridized carbons (Fsp3) is 0.562. The molecule has 1 aromatic carbocycles. The van der Waals surface area contributed by atoms with E-state index in [1.54, 1.807) is 25.1 Å². The van der Waals surface area contributed by atoms with Crippen molar-refractivity contribution in [2.75, 3.05) is 6.61 Å². The molecule has 2 rings (SSSR count). The molecule has 1 aliphatic rings. The van der Waals surface area contributed by atoms with Gasteiger partial charge in [-0.3, -0.25) is 4.79 Å². The fourth-order valence-corrected chi connectivity index (χ4v) is 3.87. The van der Waals surface area contributed by atoms with E-state index in [1.165, 1.54) is 0 Å². The third-order valence-corrected chi connectivity index (χ3v) is 5.64. The summed E-state index contributed by atoms with van der Waals surface area (Å²) < 4.78 is 68.2. The predicted octanol–water partition coefficient (Wildman–Crippen LogP) is 3.43. The van der Waals surface area contributed by atoms with Gasteiger partial charge in [0.1, 0.15) is 0 Å². The van der Waals surface area contributed by atoms with Crippen molar-refractivity contribution in [2.24, 2.45) is 0 Å². The van der Waals surface area contributed by atoms with Gasteiger partial charge >= 0.3 is 21.5 Å². The lowest BCUT2D eigenvalue weighted by atomic mass is 10.0. The van der Waals surface area contributed by atoms with E-state index < -0.39 is 40.5 Å². The Kier molecular flexibility index (Phi) is 5.78. The van der Waals surface area contributed by atoms with Crippen LogP contribution in [0.4, 0.5) is 13.2 Å². The summed E-state index contributed by atoms with van der Waals surface area (Å²) in [6, 6.07) is 3.67. The van der Waals surface area contributed by atoms with E-state index in [0.717, 1.165) is 12.0 Å². The van der Waals surface area contributed by atoms with E-state index in [0.29, 0.717) is 21.9 Å². The molecular formula is C16H20F3NO4S. The van der Waals surface area contributed by atoms with E-state index in [4.69, 9.17) is 4.74 Å². The van der Waals surface area contributed by atoms with Crippen molar-refractivity contribution < 1.29 is 31.1 Å². The number of hydrogen-bond donors (Lipinski definition) is 0. The lowest BCUT2D eigenvalue weighted by Crippen LogP contribution is -2.40. The summed E-state index contributed by atoms with van der Waals surface area (Å²) in [5.74, 6) is -0.714. The summed E-state index contributed by atoms with van der Waals surface area (Å²) in [7, 11) is -5.55. The Hall–Kier alpha value is -1.61. The van der Waals surface area contributed by atoms with E-state index in [9.17, 15) is 26.4 Å². The average Bonchev–Trinajstić information content (AvgIpc) is 2.84. The predicted molar refractivity (Wildman–Crippen MR) is 84.9 cm³/mol. The number of fused-ring (bicyclic) bond motifs is 1. The molecule has 1 aromatic rings. The van der Waals surface area contributed by atoms with Gasteiger partial charge in [-0.1, -0.05) is 37.1 Å². The highest BCUT2D eigenvalue weighted by molar-refractivity contribution is 7.90. The van der Waals surface area contributed by atoms with Crippen LogP contribution in [0.3, 0.4) is 0 Å². The molecule has 0 saturated carbocycles. The zero-order valence-corrected chi connectivity index (χ0v) is 14.8. The Bertz CT molecular complexity index is 746. The number of unbranched alkanes of at least 4 members (excludes halogenated alkanes) is 1. The van der Waals surface area contributed by atoms with Crippen LogP contribution < -0.4 is 0 Å². The maximum atomic E-state index is 13.0. The Labute approximate surface area is 144 Å². The number of esters is 1. The summed E-state index contributed by atoms with van der Waals surface area (Å²) in [6.45, 7) is 3.41. The number of nitrogens with zero attached hydrogens (tertiary/aromatic N) is 1. The van der Waals surface area contributed by atoms with Gasteiger partial charge in [-0.15, -0.1) is 0 Å². The zero-order chi connectivity index (χ0) is 18.8. The SMILES string of the molecule is CCCCOC(=O)CC1c2ccc(C)cc2CN1S(=O)(=O)C(F)(F)F. The number of carbonyl (C=O) groups is 1. The molecule has 0 bridgehead atoms. The van der Waals surface area contributed by atoms with Crippen molar-refractivity contribution >= 4 is 16.0 Å². The number of halogens is 3. The van der Waals surface area contributed by atoms with Gasteiger partial charge in [0.25, 0.3) is 0 Å². The smallest absolute Gasteiger partial charge is 0.466 e. The number of rotatable bonds is 6. The minimum atomic E-state index is -5.55. The van der Waals surface area contributed by atoms with E-state index >= 15 is 0 Å². The summed E-state index contributed by atoms with van der Waals surface area (Å²) >= 11 is 0. The number of sulfonamides is 1. The van der Waals surface area contributed by atoms with Crippen molar-refractivity contribution in [3.63, 3.8) is 0 Å². The van der Waals surface area contributed by atoms with Gasteiger partial charge < -0.3 is 4.74 Å². The maximum Gasteiger partial charge on any atom is 0.511 e. The third-order valence-electron chi connectivity index (χ3n) is 4.05. The molecule has 0 amide bonds. The van der Waals surface area contributed by atoms with Crippen LogP contribution in [-0.4, -0.2) is 30.8 Å². The first-order valence-corrected chi connectivity index (χ1v) is 9.35. The second-order valence-corrected chi connectivity index (χ2v) is 7.87. The quantitative estimate of drug-likeness (QED) is 0.561. The Morgan fingerprint density at radius 3 is 2.64 bits per heavy atom. The highest BCUT2D eigenvalue weighted by atomic mass is 32.2. The van der Waals surface area contributed by atoms with Crippen LogP contribution in [-0.2, 0) is 26.1 Å². The van der Waals surface area contributed by atoms with Gasteiger partial charge in [0.2, 0.25) is 0 Å². The molecule has 0 radical (unpaired) electrons. The third kappa shape index (κ3) is 4.14. The molecule has 140 valence electrons. The van der Waals surface area contributed by atoms with Crippen molar-refractivity contribution in [1.29, 1.82) is 0 Å². The van der Waals surface area contributed by atoms with Crippen LogP contribution >= 0.6 is 0 Å². The summed E-state index contributed by atoms with van der Waals surface area (Å²) in [6.07, 6.45) is 0.985. The van der Waals surface area contributed by atoms with Crippen LogP contribution in [0.2, 0.25) is 0 Å². The highest BCUT2D eigenvalue weighted by Crippen LogP contribution is 2.42. The summed E-state index contributed by atoms with van der Waals surface area (Å²) in [5.41, 5.74) is -3.74. The van der Waals surface area contributed by atoms with Crippen LogP contribution in [0, 0.1) is 6.92 Å². The van der Waals surface area contributed by atoms with Gasteiger partial charge in [0, 0.05) is 6.54 Å². The summed E-state index contributed by atoms with van der Waals surface area (Å²) in [5, 5.41) is 0. The molecule has 0 fully saturated rings. The van der Waals surface area contributed by atoms with Gasteiger partial charge in [-0.05, 0) is 24.5 Å².